The zero-order chi connectivity index (χ0) is 17.2. The molecule has 2 fully saturated rings. The molecule has 2 aliphatic rings. The van der Waals surface area contributed by atoms with Gasteiger partial charge >= 0.3 is 0 Å². The van der Waals surface area contributed by atoms with Gasteiger partial charge < -0.3 is 9.64 Å². The first kappa shape index (κ1) is 16.0. The van der Waals surface area contributed by atoms with Gasteiger partial charge in [-0.3, -0.25) is 10.1 Å². The van der Waals surface area contributed by atoms with Crippen LogP contribution < -0.4 is 4.74 Å². The van der Waals surface area contributed by atoms with Crippen molar-refractivity contribution in [3.8, 4) is 17.1 Å². The van der Waals surface area contributed by atoms with Crippen molar-refractivity contribution in [2.24, 2.45) is 5.92 Å². The Morgan fingerprint density at radius 2 is 2.08 bits per heavy atom. The van der Waals surface area contributed by atoms with Gasteiger partial charge in [0.2, 0.25) is 5.88 Å². The highest BCUT2D eigenvalue weighted by atomic mass is 16.6. The Bertz CT molecular complexity index is 765. The number of nitro groups is 1. The van der Waals surface area contributed by atoms with Crippen LogP contribution in [0.25, 0.3) is 11.3 Å². The SMILES string of the molecule is O=[N+]([O-])c1cccc(-c2ccc(O[C@H]3CC[N@@]4CCC[C@H]3C4)nn2)c1. The summed E-state index contributed by atoms with van der Waals surface area (Å²) in [5, 5.41) is 19.3. The summed E-state index contributed by atoms with van der Waals surface area (Å²) in [6.07, 6.45) is 3.68. The van der Waals surface area contributed by atoms with Crippen LogP contribution in [0.1, 0.15) is 19.3 Å². The van der Waals surface area contributed by atoms with Gasteiger partial charge in [0.15, 0.2) is 0 Å². The van der Waals surface area contributed by atoms with Gasteiger partial charge in [-0.1, -0.05) is 12.1 Å². The van der Waals surface area contributed by atoms with Crippen LogP contribution >= 0.6 is 0 Å². The number of fused-ring (bicyclic) bond motifs is 2. The van der Waals surface area contributed by atoms with Gasteiger partial charge in [0.25, 0.3) is 5.69 Å². The van der Waals surface area contributed by atoms with E-state index in [0.29, 0.717) is 23.1 Å². The molecule has 0 aliphatic carbocycles. The van der Waals surface area contributed by atoms with Crippen molar-refractivity contribution >= 4 is 5.69 Å². The Hall–Kier alpha value is -2.54. The summed E-state index contributed by atoms with van der Waals surface area (Å²) < 4.78 is 6.09. The van der Waals surface area contributed by atoms with Crippen LogP contribution in [0.5, 0.6) is 5.88 Å². The zero-order valence-electron chi connectivity index (χ0n) is 13.9. The van der Waals surface area contributed by atoms with Crippen molar-refractivity contribution < 1.29 is 9.66 Å². The highest BCUT2D eigenvalue weighted by molar-refractivity contribution is 5.62. The third kappa shape index (κ3) is 3.46. The van der Waals surface area contributed by atoms with E-state index in [0.717, 1.165) is 19.5 Å². The average molecular weight is 340 g/mol. The standard InChI is InChI=1S/C18H20N4O3/c23-22(24)15-5-1-3-13(11-15)16-6-7-18(20-19-16)25-17-8-10-21-9-2-4-14(17)12-21/h1,3,5-7,11,14,17H,2,4,8-10,12H2/t14-,17-/m0/s1. The number of nitrogens with zero attached hydrogens (tertiary/aromatic N) is 4. The van der Waals surface area contributed by atoms with Crippen LogP contribution in [0.4, 0.5) is 5.69 Å². The Morgan fingerprint density at radius 3 is 2.88 bits per heavy atom. The summed E-state index contributed by atoms with van der Waals surface area (Å²) in [6, 6.07) is 10.0. The van der Waals surface area contributed by atoms with E-state index in [1.165, 1.54) is 31.5 Å². The second-order valence-electron chi connectivity index (χ2n) is 6.71. The minimum Gasteiger partial charge on any atom is -0.473 e. The third-order valence-corrected chi connectivity index (χ3v) is 5.06. The van der Waals surface area contributed by atoms with Crippen LogP contribution in [-0.4, -0.2) is 45.8 Å². The molecule has 0 unspecified atom stereocenters. The van der Waals surface area contributed by atoms with Gasteiger partial charge in [-0.2, -0.15) is 0 Å². The number of piperidine rings is 2. The van der Waals surface area contributed by atoms with Crippen LogP contribution in [0.2, 0.25) is 0 Å². The number of ether oxygens (including phenoxy) is 1. The Balaban J connectivity index is 1.47. The number of benzene rings is 1. The van der Waals surface area contributed by atoms with E-state index in [1.807, 2.05) is 0 Å². The molecule has 2 aromatic rings. The molecule has 1 aromatic heterocycles. The minimum atomic E-state index is -0.412. The average Bonchev–Trinajstić information content (AvgIpc) is 2.65. The number of nitro benzene ring substituents is 1. The second kappa shape index (κ2) is 6.76. The normalized spacial score (nSPS) is 25.4. The summed E-state index contributed by atoms with van der Waals surface area (Å²) in [4.78, 5) is 13.0. The fourth-order valence-electron chi connectivity index (χ4n) is 3.77. The van der Waals surface area contributed by atoms with Crippen molar-refractivity contribution in [1.82, 2.24) is 15.1 Å². The molecule has 7 heteroatoms. The lowest BCUT2D eigenvalue weighted by molar-refractivity contribution is -0.384. The molecule has 130 valence electrons. The molecule has 25 heavy (non-hydrogen) atoms. The molecule has 0 spiro atoms. The molecule has 7 nitrogen and oxygen atoms in total. The van der Waals surface area contributed by atoms with Crippen LogP contribution in [0, 0.1) is 16.0 Å². The first-order chi connectivity index (χ1) is 12.2. The zero-order valence-corrected chi connectivity index (χ0v) is 13.9. The maximum Gasteiger partial charge on any atom is 0.270 e. The van der Waals surface area contributed by atoms with Crippen LogP contribution in [0.3, 0.4) is 0 Å². The number of rotatable bonds is 4. The van der Waals surface area contributed by atoms with Gasteiger partial charge in [-0.25, -0.2) is 0 Å². The van der Waals surface area contributed by atoms with Gasteiger partial charge in [-0.05, 0) is 31.9 Å². The molecule has 0 N–H and O–H groups in total. The number of non-ortho nitro benzene ring substituents is 1. The fraction of sp³-hybridized carbons (Fsp3) is 0.444. The van der Waals surface area contributed by atoms with Crippen LogP contribution in [0.15, 0.2) is 36.4 Å². The van der Waals surface area contributed by atoms with Gasteiger partial charge in [0.05, 0.1) is 10.6 Å². The second-order valence-corrected chi connectivity index (χ2v) is 6.71. The quantitative estimate of drug-likeness (QED) is 0.629. The number of hydrogen-bond acceptors (Lipinski definition) is 6. The first-order valence-electron chi connectivity index (χ1n) is 8.66. The van der Waals surface area contributed by atoms with E-state index in [1.54, 1.807) is 24.3 Å². The predicted octanol–water partition coefficient (Wildman–Crippen LogP) is 2.91. The molecule has 4 rings (SSSR count). The lowest BCUT2D eigenvalue weighted by Gasteiger charge is -2.42. The van der Waals surface area contributed by atoms with Crippen molar-refractivity contribution in [1.29, 1.82) is 0 Å². The minimum absolute atomic E-state index is 0.0451. The van der Waals surface area contributed by atoms with Crippen molar-refractivity contribution in [3.05, 3.63) is 46.5 Å². The van der Waals surface area contributed by atoms with E-state index >= 15 is 0 Å². The smallest absolute Gasteiger partial charge is 0.270 e. The largest absolute Gasteiger partial charge is 0.473 e. The van der Waals surface area contributed by atoms with Crippen molar-refractivity contribution in [2.75, 3.05) is 19.6 Å². The van der Waals surface area contributed by atoms with Gasteiger partial charge in [0.1, 0.15) is 6.10 Å². The molecule has 2 bridgehead atoms. The Morgan fingerprint density at radius 1 is 1.16 bits per heavy atom. The summed E-state index contributed by atoms with van der Waals surface area (Å²) in [5.41, 5.74) is 1.32. The molecule has 2 aliphatic heterocycles. The molecular formula is C18H20N4O3. The first-order valence-corrected chi connectivity index (χ1v) is 8.66. The molecular weight excluding hydrogens is 320 g/mol. The molecule has 3 atom stereocenters. The lowest BCUT2D eigenvalue weighted by Crippen LogP contribution is -2.49. The summed E-state index contributed by atoms with van der Waals surface area (Å²) >= 11 is 0. The van der Waals surface area contributed by atoms with Crippen molar-refractivity contribution in [3.63, 3.8) is 0 Å². The molecule has 1 aromatic carbocycles. The fourth-order valence-corrected chi connectivity index (χ4v) is 3.77. The van der Waals surface area contributed by atoms with E-state index in [4.69, 9.17) is 4.74 Å². The monoisotopic (exact) mass is 340 g/mol. The number of aromatic nitrogens is 2. The van der Waals surface area contributed by atoms with E-state index in [9.17, 15) is 10.1 Å². The molecule has 2 saturated heterocycles. The molecule has 0 amide bonds. The summed E-state index contributed by atoms with van der Waals surface area (Å²) in [7, 11) is 0. The maximum absolute atomic E-state index is 10.9. The summed E-state index contributed by atoms with van der Waals surface area (Å²) in [6.45, 7) is 3.41. The van der Waals surface area contributed by atoms with Crippen molar-refractivity contribution in [2.45, 2.75) is 25.4 Å². The number of hydrogen-bond donors (Lipinski definition) is 0. The van der Waals surface area contributed by atoms with E-state index < -0.39 is 4.92 Å². The molecule has 0 saturated carbocycles. The van der Waals surface area contributed by atoms with E-state index in [2.05, 4.69) is 15.1 Å². The molecule has 0 radical (unpaired) electrons. The Labute approximate surface area is 145 Å². The third-order valence-electron chi connectivity index (χ3n) is 5.06. The Kier molecular flexibility index (Phi) is 4.31. The van der Waals surface area contributed by atoms with Crippen LogP contribution in [-0.2, 0) is 0 Å². The van der Waals surface area contributed by atoms with E-state index in [-0.39, 0.29) is 11.8 Å². The van der Waals surface area contributed by atoms with Gasteiger partial charge in [-0.15, -0.1) is 10.2 Å². The van der Waals surface area contributed by atoms with Gasteiger partial charge in [0, 0.05) is 42.8 Å². The topological polar surface area (TPSA) is 81.4 Å². The predicted molar refractivity (Wildman–Crippen MR) is 92.3 cm³/mol. The summed E-state index contributed by atoms with van der Waals surface area (Å²) in [5.74, 6) is 1.10. The maximum atomic E-state index is 10.9. The molecule has 3 heterocycles. The highest BCUT2D eigenvalue weighted by Crippen LogP contribution is 2.29. The highest BCUT2D eigenvalue weighted by Gasteiger charge is 2.33. The lowest BCUT2D eigenvalue weighted by atomic mass is 9.87.